The van der Waals surface area contributed by atoms with E-state index in [0.717, 1.165) is 12.4 Å². The lowest BCUT2D eigenvalue weighted by Crippen LogP contribution is -2.30. The Bertz CT molecular complexity index is 467. The largest absolute Gasteiger partial charge is 0.368 e. The fourth-order valence-electron chi connectivity index (χ4n) is 1.62. The summed E-state index contributed by atoms with van der Waals surface area (Å²) in [5, 5.41) is 2.09. The molecule has 90 valence electrons. The van der Waals surface area contributed by atoms with Crippen LogP contribution in [0.4, 0.5) is 11.8 Å². The number of nitrogens with two attached hydrogens (primary N) is 1. The molecule has 4 nitrogen and oxygen atoms in total. The van der Waals surface area contributed by atoms with Crippen LogP contribution in [0.2, 0.25) is 0 Å². The number of nitrogen functional groups attached to an aromatic ring is 1. The Hall–Kier alpha value is -1.62. The molecule has 0 radical (unpaired) electrons. The standard InChI is InChI=1S/C12H16N4S/c1-9(2)16(8-10-4-3-7-17-10)11-5-6-14-12(13)15-11/h3-7,9H,8H2,1-2H3,(H2,13,14,15). The molecule has 5 heteroatoms. The van der Waals surface area contributed by atoms with Crippen LogP contribution in [0.15, 0.2) is 29.8 Å². The molecule has 0 aliphatic heterocycles. The van der Waals surface area contributed by atoms with E-state index in [9.17, 15) is 0 Å². The molecule has 0 aromatic carbocycles. The fourth-order valence-corrected chi connectivity index (χ4v) is 2.32. The van der Waals surface area contributed by atoms with E-state index >= 15 is 0 Å². The second-order valence-electron chi connectivity index (χ2n) is 4.07. The highest BCUT2D eigenvalue weighted by Gasteiger charge is 2.13. The number of hydrogen-bond acceptors (Lipinski definition) is 5. The van der Waals surface area contributed by atoms with Crippen molar-refractivity contribution in [2.24, 2.45) is 0 Å². The first-order chi connectivity index (χ1) is 8.16. The summed E-state index contributed by atoms with van der Waals surface area (Å²) in [7, 11) is 0. The summed E-state index contributed by atoms with van der Waals surface area (Å²) in [5.74, 6) is 1.19. The first-order valence-corrected chi connectivity index (χ1v) is 6.42. The van der Waals surface area contributed by atoms with Gasteiger partial charge in [-0.05, 0) is 31.4 Å². The van der Waals surface area contributed by atoms with Crippen molar-refractivity contribution in [3.05, 3.63) is 34.7 Å². The molecule has 2 aromatic rings. The van der Waals surface area contributed by atoms with Gasteiger partial charge in [0.1, 0.15) is 5.82 Å². The van der Waals surface area contributed by atoms with Gasteiger partial charge in [0.25, 0.3) is 0 Å². The van der Waals surface area contributed by atoms with E-state index in [1.165, 1.54) is 4.88 Å². The van der Waals surface area contributed by atoms with Crippen molar-refractivity contribution in [1.82, 2.24) is 9.97 Å². The topological polar surface area (TPSA) is 55.0 Å². The van der Waals surface area contributed by atoms with Crippen LogP contribution >= 0.6 is 11.3 Å². The Balaban J connectivity index is 2.23. The fraction of sp³-hybridized carbons (Fsp3) is 0.333. The van der Waals surface area contributed by atoms with Gasteiger partial charge >= 0.3 is 0 Å². The third-order valence-corrected chi connectivity index (χ3v) is 3.34. The van der Waals surface area contributed by atoms with E-state index in [4.69, 9.17) is 5.73 Å². The molecule has 2 aromatic heterocycles. The summed E-state index contributed by atoms with van der Waals surface area (Å²) < 4.78 is 0. The summed E-state index contributed by atoms with van der Waals surface area (Å²) in [6, 6.07) is 6.45. The van der Waals surface area contributed by atoms with Crippen LogP contribution in [-0.4, -0.2) is 16.0 Å². The minimum Gasteiger partial charge on any atom is -0.368 e. The highest BCUT2D eigenvalue weighted by molar-refractivity contribution is 7.09. The van der Waals surface area contributed by atoms with Crippen LogP contribution in [0.25, 0.3) is 0 Å². The van der Waals surface area contributed by atoms with Crippen LogP contribution < -0.4 is 10.6 Å². The molecule has 2 heterocycles. The average molecular weight is 248 g/mol. The lowest BCUT2D eigenvalue weighted by molar-refractivity contribution is 0.676. The number of anilines is 2. The van der Waals surface area contributed by atoms with Gasteiger partial charge in [0.15, 0.2) is 0 Å². The van der Waals surface area contributed by atoms with Gasteiger partial charge in [-0.3, -0.25) is 0 Å². The molecular weight excluding hydrogens is 232 g/mol. The lowest BCUT2D eigenvalue weighted by atomic mass is 10.3. The molecule has 0 aliphatic rings. The molecule has 0 fully saturated rings. The van der Waals surface area contributed by atoms with Gasteiger partial charge in [-0.1, -0.05) is 6.07 Å². The highest BCUT2D eigenvalue weighted by Crippen LogP contribution is 2.20. The smallest absolute Gasteiger partial charge is 0.221 e. The van der Waals surface area contributed by atoms with E-state index in [1.807, 2.05) is 6.07 Å². The average Bonchev–Trinajstić information content (AvgIpc) is 2.78. The van der Waals surface area contributed by atoms with Crippen LogP contribution in [-0.2, 0) is 6.54 Å². The first kappa shape index (κ1) is 11.9. The zero-order chi connectivity index (χ0) is 12.3. The zero-order valence-electron chi connectivity index (χ0n) is 10.00. The molecule has 0 amide bonds. The van der Waals surface area contributed by atoms with Crippen molar-refractivity contribution in [3.8, 4) is 0 Å². The van der Waals surface area contributed by atoms with Gasteiger partial charge in [0.2, 0.25) is 5.95 Å². The second kappa shape index (κ2) is 5.14. The molecule has 0 saturated carbocycles. The van der Waals surface area contributed by atoms with Crippen molar-refractivity contribution in [3.63, 3.8) is 0 Å². The minimum absolute atomic E-state index is 0.319. The minimum atomic E-state index is 0.319. The molecular formula is C12H16N4S. The van der Waals surface area contributed by atoms with Crippen molar-refractivity contribution < 1.29 is 0 Å². The molecule has 0 bridgehead atoms. The van der Waals surface area contributed by atoms with E-state index in [2.05, 4.69) is 46.2 Å². The van der Waals surface area contributed by atoms with Gasteiger partial charge < -0.3 is 10.6 Å². The SMILES string of the molecule is CC(C)N(Cc1cccs1)c1ccnc(N)n1. The molecule has 17 heavy (non-hydrogen) atoms. The van der Waals surface area contributed by atoms with Crippen molar-refractivity contribution >= 4 is 23.1 Å². The number of thiophene rings is 1. The second-order valence-corrected chi connectivity index (χ2v) is 5.11. The Morgan fingerprint density at radius 1 is 1.41 bits per heavy atom. The number of aromatic nitrogens is 2. The predicted molar refractivity (Wildman–Crippen MR) is 72.1 cm³/mol. The predicted octanol–water partition coefficient (Wildman–Crippen LogP) is 2.54. The summed E-state index contributed by atoms with van der Waals surface area (Å²) in [5.41, 5.74) is 5.62. The van der Waals surface area contributed by atoms with Gasteiger partial charge in [-0.25, -0.2) is 4.98 Å². The highest BCUT2D eigenvalue weighted by atomic mass is 32.1. The van der Waals surface area contributed by atoms with E-state index in [1.54, 1.807) is 17.5 Å². The third-order valence-electron chi connectivity index (χ3n) is 2.48. The van der Waals surface area contributed by atoms with E-state index < -0.39 is 0 Å². The van der Waals surface area contributed by atoms with E-state index in [-0.39, 0.29) is 0 Å². The van der Waals surface area contributed by atoms with Gasteiger partial charge in [0.05, 0.1) is 6.54 Å². The normalized spacial score (nSPS) is 10.8. The summed E-state index contributed by atoms with van der Waals surface area (Å²) in [6.45, 7) is 5.14. The maximum atomic E-state index is 5.62. The van der Waals surface area contributed by atoms with Crippen LogP contribution in [0, 0.1) is 0 Å². The van der Waals surface area contributed by atoms with Crippen molar-refractivity contribution in [2.75, 3.05) is 10.6 Å². The monoisotopic (exact) mass is 248 g/mol. The van der Waals surface area contributed by atoms with Crippen molar-refractivity contribution in [2.45, 2.75) is 26.4 Å². The number of rotatable bonds is 4. The summed E-state index contributed by atoms with van der Waals surface area (Å²) in [6.07, 6.45) is 1.70. The van der Waals surface area contributed by atoms with Gasteiger partial charge in [-0.2, -0.15) is 4.98 Å². The maximum absolute atomic E-state index is 5.62. The molecule has 0 atom stereocenters. The van der Waals surface area contributed by atoms with Crippen LogP contribution in [0.3, 0.4) is 0 Å². The van der Waals surface area contributed by atoms with Gasteiger partial charge in [-0.15, -0.1) is 11.3 Å². The maximum Gasteiger partial charge on any atom is 0.221 e. The number of nitrogens with zero attached hydrogens (tertiary/aromatic N) is 3. The molecule has 2 rings (SSSR count). The van der Waals surface area contributed by atoms with Gasteiger partial charge in [0, 0.05) is 17.1 Å². The molecule has 0 aliphatic carbocycles. The van der Waals surface area contributed by atoms with Crippen LogP contribution in [0.5, 0.6) is 0 Å². The third kappa shape index (κ3) is 2.94. The first-order valence-electron chi connectivity index (χ1n) is 5.54. The number of hydrogen-bond donors (Lipinski definition) is 1. The molecule has 0 unspecified atom stereocenters. The quantitative estimate of drug-likeness (QED) is 0.903. The summed E-state index contributed by atoms with van der Waals surface area (Å²) >= 11 is 1.75. The molecule has 0 spiro atoms. The Kier molecular flexibility index (Phi) is 3.58. The van der Waals surface area contributed by atoms with E-state index in [0.29, 0.717) is 12.0 Å². The van der Waals surface area contributed by atoms with Crippen molar-refractivity contribution in [1.29, 1.82) is 0 Å². The Morgan fingerprint density at radius 2 is 2.24 bits per heavy atom. The summed E-state index contributed by atoms with van der Waals surface area (Å²) in [4.78, 5) is 11.7. The Labute approximate surface area is 105 Å². The molecule has 0 saturated heterocycles. The Morgan fingerprint density at radius 3 is 2.82 bits per heavy atom. The lowest BCUT2D eigenvalue weighted by Gasteiger charge is -2.27. The van der Waals surface area contributed by atoms with Crippen LogP contribution in [0.1, 0.15) is 18.7 Å². The molecule has 2 N–H and O–H groups in total. The zero-order valence-corrected chi connectivity index (χ0v) is 10.8.